The van der Waals surface area contributed by atoms with E-state index in [1.807, 2.05) is 0 Å². The van der Waals surface area contributed by atoms with Crippen LogP contribution in [0.4, 0.5) is 0 Å². The van der Waals surface area contributed by atoms with Crippen LogP contribution in [0.2, 0.25) is 0 Å². The summed E-state index contributed by atoms with van der Waals surface area (Å²) in [5, 5.41) is 3.57. The monoisotopic (exact) mass is 260 g/mol. The molecule has 1 saturated carbocycles. The van der Waals surface area contributed by atoms with Gasteiger partial charge in [-0.15, -0.1) is 0 Å². The molecule has 2 aliphatic rings. The zero-order chi connectivity index (χ0) is 13.1. The molecule has 1 aliphatic heterocycles. The largest absolute Gasteiger partial charge is 0.496 e. The Bertz CT molecular complexity index is 423. The van der Waals surface area contributed by atoms with Crippen molar-refractivity contribution in [3.05, 3.63) is 29.3 Å². The second kappa shape index (κ2) is 5.93. The zero-order valence-electron chi connectivity index (χ0n) is 11.8. The van der Waals surface area contributed by atoms with Crippen LogP contribution in [0.1, 0.15) is 36.8 Å². The van der Waals surface area contributed by atoms with Crippen molar-refractivity contribution in [3.63, 3.8) is 0 Å². The summed E-state index contributed by atoms with van der Waals surface area (Å²) < 4.78 is 5.47. The minimum atomic E-state index is 0.743. The molecule has 104 valence electrons. The van der Waals surface area contributed by atoms with E-state index in [-0.39, 0.29) is 0 Å². The Balaban J connectivity index is 1.67. The normalized spacial score (nSPS) is 19.8. The molecule has 1 aromatic rings. The van der Waals surface area contributed by atoms with Crippen LogP contribution in [-0.4, -0.2) is 31.1 Å². The van der Waals surface area contributed by atoms with Crippen molar-refractivity contribution in [2.24, 2.45) is 0 Å². The fourth-order valence-electron chi connectivity index (χ4n) is 2.81. The van der Waals surface area contributed by atoms with Crippen molar-refractivity contribution in [2.75, 3.05) is 20.2 Å². The molecule has 1 aromatic carbocycles. The second-order valence-corrected chi connectivity index (χ2v) is 5.78. The van der Waals surface area contributed by atoms with Crippen molar-refractivity contribution >= 4 is 0 Å². The molecule has 1 N–H and O–H groups in total. The van der Waals surface area contributed by atoms with Gasteiger partial charge in [0.1, 0.15) is 5.75 Å². The summed E-state index contributed by atoms with van der Waals surface area (Å²) in [7, 11) is 1.76. The predicted octanol–water partition coefficient (Wildman–Crippen LogP) is 2.54. The Morgan fingerprint density at radius 2 is 2.05 bits per heavy atom. The van der Waals surface area contributed by atoms with Gasteiger partial charge in [-0.05, 0) is 56.5 Å². The topological polar surface area (TPSA) is 24.5 Å². The summed E-state index contributed by atoms with van der Waals surface area (Å²) in [6.07, 6.45) is 5.37. The SMILES string of the molecule is COc1ccc(CN2CCCC2)cc1CNC1CC1. The third-order valence-electron chi connectivity index (χ3n) is 4.11. The van der Waals surface area contributed by atoms with E-state index in [0.717, 1.165) is 24.9 Å². The van der Waals surface area contributed by atoms with Gasteiger partial charge in [0.05, 0.1) is 7.11 Å². The summed E-state index contributed by atoms with van der Waals surface area (Å²) in [5.41, 5.74) is 2.71. The van der Waals surface area contributed by atoms with Gasteiger partial charge in [-0.2, -0.15) is 0 Å². The molecule has 0 aromatic heterocycles. The van der Waals surface area contributed by atoms with E-state index in [4.69, 9.17) is 4.74 Å². The Morgan fingerprint density at radius 1 is 1.26 bits per heavy atom. The first-order valence-corrected chi connectivity index (χ1v) is 7.46. The molecule has 0 amide bonds. The highest BCUT2D eigenvalue weighted by Gasteiger charge is 2.21. The van der Waals surface area contributed by atoms with Crippen LogP contribution >= 0.6 is 0 Å². The second-order valence-electron chi connectivity index (χ2n) is 5.78. The van der Waals surface area contributed by atoms with Crippen molar-refractivity contribution in [1.82, 2.24) is 10.2 Å². The quantitative estimate of drug-likeness (QED) is 0.850. The number of hydrogen-bond donors (Lipinski definition) is 1. The Kier molecular flexibility index (Phi) is 4.04. The molecule has 19 heavy (non-hydrogen) atoms. The van der Waals surface area contributed by atoms with Gasteiger partial charge < -0.3 is 10.1 Å². The lowest BCUT2D eigenvalue weighted by Gasteiger charge is -2.17. The van der Waals surface area contributed by atoms with E-state index < -0.39 is 0 Å². The van der Waals surface area contributed by atoms with E-state index in [9.17, 15) is 0 Å². The van der Waals surface area contributed by atoms with Gasteiger partial charge in [0.15, 0.2) is 0 Å². The first-order valence-electron chi connectivity index (χ1n) is 7.46. The molecule has 0 radical (unpaired) electrons. The molecule has 1 heterocycles. The van der Waals surface area contributed by atoms with Gasteiger partial charge >= 0.3 is 0 Å². The van der Waals surface area contributed by atoms with Gasteiger partial charge in [-0.3, -0.25) is 4.90 Å². The van der Waals surface area contributed by atoms with Gasteiger partial charge in [0.2, 0.25) is 0 Å². The summed E-state index contributed by atoms with van der Waals surface area (Å²) in [6.45, 7) is 4.52. The summed E-state index contributed by atoms with van der Waals surface area (Å²) in [5.74, 6) is 1.01. The highest BCUT2D eigenvalue weighted by Crippen LogP contribution is 2.24. The lowest BCUT2D eigenvalue weighted by Crippen LogP contribution is -2.19. The number of methoxy groups -OCH3 is 1. The van der Waals surface area contributed by atoms with E-state index in [0.29, 0.717) is 0 Å². The Hall–Kier alpha value is -1.06. The van der Waals surface area contributed by atoms with Crippen LogP contribution in [0.25, 0.3) is 0 Å². The van der Waals surface area contributed by atoms with Crippen LogP contribution in [0, 0.1) is 0 Å². The highest BCUT2D eigenvalue weighted by molar-refractivity contribution is 5.37. The molecule has 3 heteroatoms. The van der Waals surface area contributed by atoms with E-state index in [1.54, 1.807) is 7.11 Å². The van der Waals surface area contributed by atoms with Gasteiger partial charge in [-0.25, -0.2) is 0 Å². The number of benzene rings is 1. The third kappa shape index (κ3) is 3.48. The lowest BCUT2D eigenvalue weighted by molar-refractivity contribution is 0.331. The molecule has 1 aliphatic carbocycles. The number of rotatable bonds is 6. The molecule has 3 nitrogen and oxygen atoms in total. The van der Waals surface area contributed by atoms with Crippen LogP contribution in [0.15, 0.2) is 18.2 Å². The Morgan fingerprint density at radius 3 is 2.74 bits per heavy atom. The molecule has 0 bridgehead atoms. The van der Waals surface area contributed by atoms with Gasteiger partial charge in [0.25, 0.3) is 0 Å². The van der Waals surface area contributed by atoms with Gasteiger partial charge in [0, 0.05) is 24.7 Å². The predicted molar refractivity (Wildman–Crippen MR) is 77.4 cm³/mol. The average Bonchev–Trinajstić information content (AvgIpc) is 3.13. The number of nitrogens with one attached hydrogen (secondary N) is 1. The highest BCUT2D eigenvalue weighted by atomic mass is 16.5. The minimum Gasteiger partial charge on any atom is -0.496 e. The summed E-state index contributed by atoms with van der Waals surface area (Å²) >= 11 is 0. The molecule has 0 unspecified atom stereocenters. The number of ether oxygens (including phenoxy) is 1. The molecular formula is C16H24N2O. The summed E-state index contributed by atoms with van der Waals surface area (Å²) in [6, 6.07) is 7.38. The standard InChI is InChI=1S/C16H24N2O/c1-19-16-7-4-13(12-18-8-2-3-9-18)10-14(16)11-17-15-5-6-15/h4,7,10,15,17H,2-3,5-6,8-9,11-12H2,1H3. The summed E-state index contributed by atoms with van der Waals surface area (Å²) in [4.78, 5) is 2.54. The molecular weight excluding hydrogens is 236 g/mol. The first kappa shape index (κ1) is 12.9. The van der Waals surface area contributed by atoms with E-state index in [2.05, 4.69) is 28.4 Å². The van der Waals surface area contributed by atoms with E-state index in [1.165, 1.54) is 49.9 Å². The molecule has 0 spiro atoms. The number of nitrogens with zero attached hydrogens (tertiary/aromatic N) is 1. The third-order valence-corrected chi connectivity index (χ3v) is 4.11. The minimum absolute atomic E-state index is 0.743. The number of hydrogen-bond acceptors (Lipinski definition) is 3. The molecule has 3 rings (SSSR count). The van der Waals surface area contributed by atoms with Crippen molar-refractivity contribution in [3.8, 4) is 5.75 Å². The maximum absolute atomic E-state index is 5.47. The molecule has 2 fully saturated rings. The van der Waals surface area contributed by atoms with Crippen LogP contribution in [0.3, 0.4) is 0 Å². The fraction of sp³-hybridized carbons (Fsp3) is 0.625. The average molecular weight is 260 g/mol. The maximum atomic E-state index is 5.47. The first-order chi connectivity index (χ1) is 9.35. The van der Waals surface area contributed by atoms with Crippen LogP contribution < -0.4 is 10.1 Å². The van der Waals surface area contributed by atoms with Crippen LogP contribution in [-0.2, 0) is 13.1 Å². The van der Waals surface area contributed by atoms with E-state index >= 15 is 0 Å². The maximum Gasteiger partial charge on any atom is 0.123 e. The molecule has 0 atom stereocenters. The zero-order valence-corrected chi connectivity index (χ0v) is 11.8. The van der Waals surface area contributed by atoms with Crippen molar-refractivity contribution in [1.29, 1.82) is 0 Å². The Labute approximate surface area is 115 Å². The fourth-order valence-corrected chi connectivity index (χ4v) is 2.81. The van der Waals surface area contributed by atoms with Crippen molar-refractivity contribution < 1.29 is 4.74 Å². The molecule has 1 saturated heterocycles. The van der Waals surface area contributed by atoms with Crippen molar-refractivity contribution in [2.45, 2.75) is 44.8 Å². The number of likely N-dealkylation sites (tertiary alicyclic amines) is 1. The van der Waals surface area contributed by atoms with Crippen LogP contribution in [0.5, 0.6) is 5.75 Å². The smallest absolute Gasteiger partial charge is 0.123 e. The van der Waals surface area contributed by atoms with Gasteiger partial charge in [-0.1, -0.05) is 6.07 Å². The lowest BCUT2D eigenvalue weighted by atomic mass is 10.1.